The van der Waals surface area contributed by atoms with Gasteiger partial charge in [0.15, 0.2) is 0 Å². The van der Waals surface area contributed by atoms with Crippen molar-refractivity contribution < 1.29 is 9.90 Å². The van der Waals surface area contributed by atoms with Crippen LogP contribution >= 0.6 is 0 Å². The molecular weight excluding hydrogens is 204 g/mol. The number of carboxylic acids is 1. The van der Waals surface area contributed by atoms with Crippen LogP contribution in [0.2, 0.25) is 0 Å². The largest absolute Gasteiger partial charge is 0.480 e. The lowest BCUT2D eigenvalue weighted by atomic mass is 10.1. The lowest BCUT2D eigenvalue weighted by Gasteiger charge is -2.21. The van der Waals surface area contributed by atoms with E-state index in [1.165, 1.54) is 6.42 Å². The minimum atomic E-state index is -0.735. The van der Waals surface area contributed by atoms with E-state index in [1.54, 1.807) is 0 Å². The highest BCUT2D eigenvalue weighted by Gasteiger charge is 2.22. The van der Waals surface area contributed by atoms with Crippen LogP contribution in [0.25, 0.3) is 0 Å². The van der Waals surface area contributed by atoms with Crippen LogP contribution in [0.5, 0.6) is 0 Å². The molecule has 2 unspecified atom stereocenters. The van der Waals surface area contributed by atoms with E-state index < -0.39 is 12.0 Å². The van der Waals surface area contributed by atoms with Crippen molar-refractivity contribution in [3.63, 3.8) is 0 Å². The number of rotatable bonds is 6. The van der Waals surface area contributed by atoms with Gasteiger partial charge in [-0.3, -0.25) is 4.79 Å². The number of nitrogens with zero attached hydrogens (tertiary/aromatic N) is 1. The fraction of sp³-hybridized carbons (Fsp3) is 0.917. The Kier molecular flexibility index (Phi) is 5.22. The number of nitrogens with one attached hydrogen (secondary N) is 1. The van der Waals surface area contributed by atoms with Crippen LogP contribution in [-0.4, -0.2) is 47.7 Å². The molecule has 94 valence electrons. The van der Waals surface area contributed by atoms with E-state index in [-0.39, 0.29) is 6.04 Å². The maximum Gasteiger partial charge on any atom is 0.320 e. The summed E-state index contributed by atoms with van der Waals surface area (Å²) >= 11 is 0. The Bertz CT molecular complexity index is 231. The lowest BCUT2D eigenvalue weighted by Crippen LogP contribution is -2.42. The predicted octanol–water partition coefficient (Wildman–Crippen LogP) is 1.17. The summed E-state index contributed by atoms with van der Waals surface area (Å²) in [5.74, 6) is 0.0299. The number of carboxylic acid groups (broad SMARTS) is 1. The molecule has 1 fully saturated rings. The number of hydrogen-bond acceptors (Lipinski definition) is 3. The van der Waals surface area contributed by atoms with Gasteiger partial charge >= 0.3 is 5.97 Å². The summed E-state index contributed by atoms with van der Waals surface area (Å²) in [6, 6.07) is -0.186. The molecular formula is C12H24N2O2. The SMILES string of the molecule is CC1CCN(CCC(NC(C)C)C(=O)O)C1. The Hall–Kier alpha value is -0.610. The number of aliphatic carboxylic acids is 1. The van der Waals surface area contributed by atoms with Crippen molar-refractivity contribution in [2.75, 3.05) is 19.6 Å². The molecule has 0 aromatic heterocycles. The fourth-order valence-corrected chi connectivity index (χ4v) is 2.22. The molecule has 0 aromatic rings. The van der Waals surface area contributed by atoms with Crippen molar-refractivity contribution >= 4 is 5.97 Å². The van der Waals surface area contributed by atoms with Gasteiger partial charge in [0.2, 0.25) is 0 Å². The third kappa shape index (κ3) is 4.49. The Morgan fingerprint density at radius 3 is 2.69 bits per heavy atom. The average Bonchev–Trinajstić information content (AvgIpc) is 2.58. The molecule has 1 aliphatic heterocycles. The van der Waals surface area contributed by atoms with E-state index in [0.29, 0.717) is 6.42 Å². The molecule has 0 radical (unpaired) electrons. The topological polar surface area (TPSA) is 52.6 Å². The first-order valence-electron chi connectivity index (χ1n) is 6.20. The molecule has 1 aliphatic rings. The molecule has 0 amide bonds. The third-order valence-corrected chi connectivity index (χ3v) is 3.07. The van der Waals surface area contributed by atoms with E-state index in [2.05, 4.69) is 17.1 Å². The zero-order valence-electron chi connectivity index (χ0n) is 10.6. The summed E-state index contributed by atoms with van der Waals surface area (Å²) in [5.41, 5.74) is 0. The molecule has 1 rings (SSSR count). The Labute approximate surface area is 98.0 Å². The molecule has 0 saturated carbocycles. The van der Waals surface area contributed by atoms with Crippen LogP contribution in [0, 0.1) is 5.92 Å². The second kappa shape index (κ2) is 6.21. The van der Waals surface area contributed by atoms with Gasteiger partial charge in [-0.2, -0.15) is 0 Å². The van der Waals surface area contributed by atoms with Crippen molar-refractivity contribution in [2.45, 2.75) is 45.7 Å². The quantitative estimate of drug-likeness (QED) is 0.716. The lowest BCUT2D eigenvalue weighted by molar-refractivity contribution is -0.139. The first-order chi connectivity index (χ1) is 7.49. The molecule has 0 aliphatic carbocycles. The standard InChI is InChI=1S/C12H24N2O2/c1-9(2)13-11(12(15)16)5-7-14-6-4-10(3)8-14/h9-11,13H,4-8H2,1-3H3,(H,15,16). The van der Waals surface area contributed by atoms with Gasteiger partial charge in [0, 0.05) is 19.1 Å². The van der Waals surface area contributed by atoms with Gasteiger partial charge in [-0.25, -0.2) is 0 Å². The second-order valence-corrected chi connectivity index (χ2v) is 5.20. The van der Waals surface area contributed by atoms with E-state index in [0.717, 1.165) is 25.6 Å². The highest BCUT2D eigenvalue weighted by atomic mass is 16.4. The van der Waals surface area contributed by atoms with Crippen molar-refractivity contribution in [3.8, 4) is 0 Å². The molecule has 0 spiro atoms. The zero-order valence-corrected chi connectivity index (χ0v) is 10.6. The van der Waals surface area contributed by atoms with Crippen LogP contribution < -0.4 is 5.32 Å². The van der Waals surface area contributed by atoms with Crippen molar-refractivity contribution in [2.24, 2.45) is 5.92 Å². The zero-order chi connectivity index (χ0) is 12.1. The van der Waals surface area contributed by atoms with Crippen LogP contribution in [0.15, 0.2) is 0 Å². The molecule has 1 saturated heterocycles. The predicted molar refractivity (Wildman–Crippen MR) is 64.5 cm³/mol. The Balaban J connectivity index is 2.29. The fourth-order valence-electron chi connectivity index (χ4n) is 2.22. The van der Waals surface area contributed by atoms with Gasteiger partial charge in [0.1, 0.15) is 6.04 Å². The van der Waals surface area contributed by atoms with Crippen molar-refractivity contribution in [1.82, 2.24) is 10.2 Å². The molecule has 0 aromatic carbocycles. The maximum absolute atomic E-state index is 11.0. The minimum absolute atomic E-state index is 0.221. The highest BCUT2D eigenvalue weighted by Crippen LogP contribution is 2.15. The summed E-state index contributed by atoms with van der Waals surface area (Å²) in [6.45, 7) is 9.34. The highest BCUT2D eigenvalue weighted by molar-refractivity contribution is 5.73. The van der Waals surface area contributed by atoms with Crippen molar-refractivity contribution in [1.29, 1.82) is 0 Å². The van der Waals surface area contributed by atoms with Gasteiger partial charge in [-0.1, -0.05) is 20.8 Å². The van der Waals surface area contributed by atoms with E-state index in [4.69, 9.17) is 5.11 Å². The molecule has 4 nitrogen and oxygen atoms in total. The average molecular weight is 228 g/mol. The van der Waals surface area contributed by atoms with Gasteiger partial charge < -0.3 is 15.3 Å². The van der Waals surface area contributed by atoms with Crippen LogP contribution in [0.1, 0.15) is 33.6 Å². The van der Waals surface area contributed by atoms with Gasteiger partial charge in [0.05, 0.1) is 0 Å². The number of likely N-dealkylation sites (tertiary alicyclic amines) is 1. The summed E-state index contributed by atoms with van der Waals surface area (Å²) in [5, 5.41) is 12.2. The van der Waals surface area contributed by atoms with Crippen LogP contribution in [0.4, 0.5) is 0 Å². The van der Waals surface area contributed by atoms with E-state index in [9.17, 15) is 4.79 Å². The molecule has 4 heteroatoms. The van der Waals surface area contributed by atoms with E-state index >= 15 is 0 Å². The van der Waals surface area contributed by atoms with Gasteiger partial charge in [0.25, 0.3) is 0 Å². The molecule has 0 bridgehead atoms. The smallest absolute Gasteiger partial charge is 0.320 e. The monoisotopic (exact) mass is 228 g/mol. The van der Waals surface area contributed by atoms with Gasteiger partial charge in [-0.05, 0) is 25.3 Å². The summed E-state index contributed by atoms with van der Waals surface area (Å²) in [7, 11) is 0. The molecule has 2 atom stereocenters. The minimum Gasteiger partial charge on any atom is -0.480 e. The van der Waals surface area contributed by atoms with E-state index in [1.807, 2.05) is 13.8 Å². The van der Waals surface area contributed by atoms with Crippen LogP contribution in [-0.2, 0) is 4.79 Å². The Morgan fingerprint density at radius 2 is 2.25 bits per heavy atom. The summed E-state index contributed by atoms with van der Waals surface area (Å²) < 4.78 is 0. The first kappa shape index (κ1) is 13.5. The van der Waals surface area contributed by atoms with Crippen LogP contribution in [0.3, 0.4) is 0 Å². The first-order valence-corrected chi connectivity index (χ1v) is 6.20. The Morgan fingerprint density at radius 1 is 1.56 bits per heavy atom. The van der Waals surface area contributed by atoms with Crippen molar-refractivity contribution in [3.05, 3.63) is 0 Å². The third-order valence-electron chi connectivity index (χ3n) is 3.07. The summed E-state index contributed by atoms with van der Waals surface area (Å²) in [4.78, 5) is 13.4. The summed E-state index contributed by atoms with van der Waals surface area (Å²) in [6.07, 6.45) is 1.94. The maximum atomic E-state index is 11.0. The second-order valence-electron chi connectivity index (χ2n) is 5.20. The number of hydrogen-bond donors (Lipinski definition) is 2. The van der Waals surface area contributed by atoms with Gasteiger partial charge in [-0.15, -0.1) is 0 Å². The normalized spacial score (nSPS) is 23.9. The number of carbonyl (C=O) groups is 1. The molecule has 2 N–H and O–H groups in total. The molecule has 1 heterocycles. The molecule has 16 heavy (non-hydrogen) atoms.